The molecule has 0 saturated heterocycles. The van der Waals surface area contributed by atoms with Crippen LogP contribution in [0.15, 0.2) is 17.1 Å². The SMILES string of the molecule is CCOC(CCNC(=NC)N(C)Cc1cc(OC)c(OC)cc1C)C(C)C. The summed E-state index contributed by atoms with van der Waals surface area (Å²) in [5.74, 6) is 2.86. The van der Waals surface area contributed by atoms with Crippen molar-refractivity contribution in [3.8, 4) is 11.5 Å². The zero-order chi connectivity index (χ0) is 20.4. The molecular formula is C21H37N3O3. The first-order valence-electron chi connectivity index (χ1n) is 9.62. The Labute approximate surface area is 164 Å². The molecule has 1 unspecified atom stereocenters. The lowest BCUT2D eigenvalue weighted by molar-refractivity contribution is 0.0257. The van der Waals surface area contributed by atoms with Crippen molar-refractivity contribution >= 4 is 5.96 Å². The summed E-state index contributed by atoms with van der Waals surface area (Å²) >= 11 is 0. The van der Waals surface area contributed by atoms with Gasteiger partial charge in [0.25, 0.3) is 0 Å². The van der Waals surface area contributed by atoms with Gasteiger partial charge in [-0.2, -0.15) is 0 Å². The van der Waals surface area contributed by atoms with Crippen LogP contribution in [0.2, 0.25) is 0 Å². The third-order valence-corrected chi connectivity index (χ3v) is 4.66. The second-order valence-corrected chi connectivity index (χ2v) is 6.99. The Morgan fingerprint density at radius 2 is 1.81 bits per heavy atom. The standard InChI is InChI=1S/C21H37N3O3/c1-9-27-18(15(2)3)10-11-23-21(22-5)24(6)14-17-13-20(26-8)19(25-7)12-16(17)4/h12-13,15,18H,9-11,14H2,1-8H3,(H,22,23). The first-order valence-corrected chi connectivity index (χ1v) is 9.62. The van der Waals surface area contributed by atoms with Gasteiger partial charge in [-0.1, -0.05) is 13.8 Å². The van der Waals surface area contributed by atoms with Crippen LogP contribution in [0.25, 0.3) is 0 Å². The Balaban J connectivity index is 2.72. The maximum Gasteiger partial charge on any atom is 0.193 e. The van der Waals surface area contributed by atoms with Gasteiger partial charge in [-0.05, 0) is 49.4 Å². The van der Waals surface area contributed by atoms with Crippen molar-refractivity contribution < 1.29 is 14.2 Å². The van der Waals surface area contributed by atoms with Crippen LogP contribution in [-0.2, 0) is 11.3 Å². The average molecular weight is 380 g/mol. The number of benzene rings is 1. The summed E-state index contributed by atoms with van der Waals surface area (Å²) < 4.78 is 16.6. The maximum atomic E-state index is 5.82. The van der Waals surface area contributed by atoms with E-state index >= 15 is 0 Å². The molecule has 1 N–H and O–H groups in total. The summed E-state index contributed by atoms with van der Waals surface area (Å²) in [4.78, 5) is 6.52. The molecule has 0 spiro atoms. The van der Waals surface area contributed by atoms with Gasteiger partial charge < -0.3 is 24.4 Å². The molecule has 1 aromatic carbocycles. The Hall–Kier alpha value is -1.95. The van der Waals surface area contributed by atoms with Crippen LogP contribution in [-0.4, -0.2) is 58.4 Å². The molecule has 6 nitrogen and oxygen atoms in total. The molecule has 1 atom stereocenters. The number of guanidine groups is 1. The summed E-state index contributed by atoms with van der Waals surface area (Å²) in [6, 6.07) is 4.04. The van der Waals surface area contributed by atoms with Gasteiger partial charge in [0, 0.05) is 33.8 Å². The Bertz CT molecular complexity index is 603. The Morgan fingerprint density at radius 3 is 2.33 bits per heavy atom. The van der Waals surface area contributed by atoms with Gasteiger partial charge in [-0.3, -0.25) is 4.99 Å². The van der Waals surface area contributed by atoms with E-state index in [1.807, 2.05) is 33.2 Å². The molecule has 0 aliphatic heterocycles. The summed E-state index contributed by atoms with van der Waals surface area (Å²) in [5, 5.41) is 3.44. The average Bonchev–Trinajstić information content (AvgIpc) is 2.65. The summed E-state index contributed by atoms with van der Waals surface area (Å²) in [7, 11) is 7.16. The number of nitrogens with zero attached hydrogens (tertiary/aromatic N) is 2. The molecule has 0 aliphatic rings. The molecule has 0 bridgehead atoms. The minimum Gasteiger partial charge on any atom is -0.493 e. The molecular weight excluding hydrogens is 342 g/mol. The fraction of sp³-hybridized carbons (Fsp3) is 0.667. The number of rotatable bonds is 10. The van der Waals surface area contributed by atoms with Gasteiger partial charge >= 0.3 is 0 Å². The summed E-state index contributed by atoms with van der Waals surface area (Å²) in [6.07, 6.45) is 1.22. The van der Waals surface area contributed by atoms with Crippen LogP contribution in [0.3, 0.4) is 0 Å². The molecule has 0 fully saturated rings. The lowest BCUT2D eigenvalue weighted by Gasteiger charge is -2.25. The van der Waals surface area contributed by atoms with Crippen LogP contribution in [0.1, 0.15) is 38.3 Å². The van der Waals surface area contributed by atoms with E-state index in [1.54, 1.807) is 14.2 Å². The summed E-state index contributed by atoms with van der Waals surface area (Å²) in [6.45, 7) is 10.8. The lowest BCUT2D eigenvalue weighted by Crippen LogP contribution is -2.40. The van der Waals surface area contributed by atoms with E-state index < -0.39 is 0 Å². The fourth-order valence-corrected chi connectivity index (χ4v) is 3.06. The van der Waals surface area contributed by atoms with Crippen molar-refractivity contribution in [3.05, 3.63) is 23.3 Å². The number of aryl methyl sites for hydroxylation is 1. The largest absolute Gasteiger partial charge is 0.493 e. The highest BCUT2D eigenvalue weighted by atomic mass is 16.5. The van der Waals surface area contributed by atoms with Crippen LogP contribution >= 0.6 is 0 Å². The number of ether oxygens (including phenoxy) is 3. The molecule has 0 amide bonds. The third kappa shape index (κ3) is 6.94. The first-order chi connectivity index (χ1) is 12.9. The highest BCUT2D eigenvalue weighted by Gasteiger charge is 2.15. The lowest BCUT2D eigenvalue weighted by atomic mass is 10.0. The van der Waals surface area contributed by atoms with E-state index in [-0.39, 0.29) is 6.10 Å². The van der Waals surface area contributed by atoms with Gasteiger partial charge in [0.1, 0.15) is 0 Å². The van der Waals surface area contributed by atoms with Crippen molar-refractivity contribution in [1.29, 1.82) is 0 Å². The van der Waals surface area contributed by atoms with E-state index in [9.17, 15) is 0 Å². The molecule has 0 aromatic heterocycles. The maximum absolute atomic E-state index is 5.82. The smallest absolute Gasteiger partial charge is 0.193 e. The normalized spacial score (nSPS) is 12.9. The number of hydrogen-bond donors (Lipinski definition) is 1. The zero-order valence-electron chi connectivity index (χ0n) is 18.3. The van der Waals surface area contributed by atoms with Crippen LogP contribution in [0, 0.1) is 12.8 Å². The van der Waals surface area contributed by atoms with Gasteiger partial charge in [-0.25, -0.2) is 0 Å². The highest BCUT2D eigenvalue weighted by molar-refractivity contribution is 5.79. The molecule has 27 heavy (non-hydrogen) atoms. The molecule has 0 saturated carbocycles. The van der Waals surface area contributed by atoms with Crippen molar-refractivity contribution in [2.24, 2.45) is 10.9 Å². The monoisotopic (exact) mass is 379 g/mol. The second-order valence-electron chi connectivity index (χ2n) is 6.99. The molecule has 0 aliphatic carbocycles. The highest BCUT2D eigenvalue weighted by Crippen LogP contribution is 2.30. The third-order valence-electron chi connectivity index (χ3n) is 4.66. The van der Waals surface area contributed by atoms with Crippen molar-refractivity contribution in [3.63, 3.8) is 0 Å². The van der Waals surface area contributed by atoms with Gasteiger partial charge in [0.2, 0.25) is 0 Å². The second kappa shape index (κ2) is 11.7. The number of hydrogen-bond acceptors (Lipinski definition) is 4. The molecule has 0 radical (unpaired) electrons. The minimum absolute atomic E-state index is 0.263. The Morgan fingerprint density at radius 1 is 1.19 bits per heavy atom. The molecule has 1 rings (SSSR count). The van der Waals surface area contributed by atoms with Crippen molar-refractivity contribution in [2.45, 2.75) is 46.8 Å². The van der Waals surface area contributed by atoms with Crippen LogP contribution in [0.4, 0.5) is 0 Å². The minimum atomic E-state index is 0.263. The summed E-state index contributed by atoms with van der Waals surface area (Å²) in [5.41, 5.74) is 2.33. The van der Waals surface area contributed by atoms with Gasteiger partial charge in [0.15, 0.2) is 17.5 Å². The van der Waals surface area contributed by atoms with Crippen molar-refractivity contribution in [2.75, 3.05) is 41.5 Å². The van der Waals surface area contributed by atoms with Crippen LogP contribution in [0.5, 0.6) is 11.5 Å². The van der Waals surface area contributed by atoms with Gasteiger partial charge in [0.05, 0.1) is 20.3 Å². The number of aliphatic imine (C=N–C) groups is 1. The van der Waals surface area contributed by atoms with Crippen LogP contribution < -0.4 is 14.8 Å². The van der Waals surface area contributed by atoms with E-state index in [1.165, 1.54) is 5.56 Å². The molecule has 154 valence electrons. The van der Waals surface area contributed by atoms with Gasteiger partial charge in [-0.15, -0.1) is 0 Å². The van der Waals surface area contributed by atoms with E-state index in [0.717, 1.165) is 49.1 Å². The fourth-order valence-electron chi connectivity index (χ4n) is 3.06. The number of nitrogens with one attached hydrogen (secondary N) is 1. The van der Waals surface area contributed by atoms with E-state index in [2.05, 4.69) is 36.0 Å². The Kier molecular flexibility index (Phi) is 10.0. The first kappa shape index (κ1) is 23.1. The zero-order valence-corrected chi connectivity index (χ0v) is 18.3. The van der Waals surface area contributed by atoms with E-state index in [4.69, 9.17) is 14.2 Å². The van der Waals surface area contributed by atoms with E-state index in [0.29, 0.717) is 5.92 Å². The molecule has 6 heteroatoms. The molecule has 0 heterocycles. The predicted molar refractivity (Wildman–Crippen MR) is 112 cm³/mol. The predicted octanol–water partition coefficient (Wildman–Crippen LogP) is 3.47. The quantitative estimate of drug-likeness (QED) is 0.498. The molecule has 1 aromatic rings. The number of methoxy groups -OCH3 is 2. The topological polar surface area (TPSA) is 55.3 Å². The van der Waals surface area contributed by atoms with Crippen molar-refractivity contribution in [1.82, 2.24) is 10.2 Å².